The summed E-state index contributed by atoms with van der Waals surface area (Å²) in [5, 5.41) is 3.26. The molecule has 0 atom stereocenters. The lowest BCUT2D eigenvalue weighted by atomic mass is 10.1. The highest BCUT2D eigenvalue weighted by Crippen LogP contribution is 2.29. The molecule has 0 radical (unpaired) electrons. The maximum Gasteiger partial charge on any atom is 0.244 e. The SMILES string of the molecule is CCCOc1ccc(C(=O)CCC(=O)N(CC)CC(=O)Nc2c(Cl)cccc2Cl)cc1. The van der Waals surface area contributed by atoms with Crippen LogP contribution in [-0.4, -0.2) is 42.2 Å². The van der Waals surface area contributed by atoms with Gasteiger partial charge in [0, 0.05) is 24.9 Å². The Bertz CT molecular complexity index is 896. The number of Topliss-reactive ketones (excluding diaryl/α,β-unsaturated/α-hetero) is 1. The second kappa shape index (κ2) is 12.3. The van der Waals surface area contributed by atoms with Gasteiger partial charge in [0.05, 0.1) is 28.9 Å². The van der Waals surface area contributed by atoms with E-state index in [1.807, 2.05) is 6.92 Å². The van der Waals surface area contributed by atoms with E-state index in [9.17, 15) is 14.4 Å². The first-order valence-corrected chi connectivity index (χ1v) is 10.9. The summed E-state index contributed by atoms with van der Waals surface area (Å²) in [5.41, 5.74) is 0.826. The number of hydrogen-bond acceptors (Lipinski definition) is 4. The van der Waals surface area contributed by atoms with E-state index in [-0.39, 0.29) is 31.1 Å². The normalized spacial score (nSPS) is 10.5. The summed E-state index contributed by atoms with van der Waals surface area (Å²) in [6.07, 6.45) is 0.976. The summed E-state index contributed by atoms with van der Waals surface area (Å²) >= 11 is 12.1. The Hall–Kier alpha value is -2.57. The van der Waals surface area contributed by atoms with E-state index in [2.05, 4.69) is 5.32 Å². The van der Waals surface area contributed by atoms with Crippen LogP contribution >= 0.6 is 23.2 Å². The lowest BCUT2D eigenvalue weighted by Crippen LogP contribution is -2.38. The first kappa shape index (κ1) is 24.7. The van der Waals surface area contributed by atoms with E-state index in [1.165, 1.54) is 4.90 Å². The second-order valence-corrected chi connectivity index (χ2v) is 7.66. The molecule has 31 heavy (non-hydrogen) atoms. The number of amides is 2. The molecule has 0 spiro atoms. The van der Waals surface area contributed by atoms with Gasteiger partial charge in [0.2, 0.25) is 11.8 Å². The van der Waals surface area contributed by atoms with Crippen molar-refractivity contribution in [2.24, 2.45) is 0 Å². The van der Waals surface area contributed by atoms with E-state index >= 15 is 0 Å². The fraction of sp³-hybridized carbons (Fsp3) is 0.348. The van der Waals surface area contributed by atoms with Crippen molar-refractivity contribution < 1.29 is 19.1 Å². The molecule has 0 heterocycles. The fourth-order valence-electron chi connectivity index (χ4n) is 2.83. The molecule has 2 aromatic rings. The zero-order valence-electron chi connectivity index (χ0n) is 17.6. The maximum absolute atomic E-state index is 12.5. The van der Waals surface area contributed by atoms with Crippen LogP contribution in [0.2, 0.25) is 10.0 Å². The average Bonchev–Trinajstić information content (AvgIpc) is 2.77. The summed E-state index contributed by atoms with van der Waals surface area (Å²) in [5.74, 6) is -0.131. The molecule has 0 saturated carbocycles. The molecule has 6 nitrogen and oxygen atoms in total. The number of carbonyl (C=O) groups excluding carboxylic acids is 3. The summed E-state index contributed by atoms with van der Waals surface area (Å²) < 4.78 is 5.50. The van der Waals surface area contributed by atoms with Crippen molar-refractivity contribution in [2.75, 3.05) is 25.0 Å². The molecule has 0 bridgehead atoms. The molecule has 0 unspecified atom stereocenters. The molecule has 166 valence electrons. The molecule has 0 aliphatic rings. The van der Waals surface area contributed by atoms with Crippen molar-refractivity contribution in [2.45, 2.75) is 33.1 Å². The number of nitrogens with zero attached hydrogens (tertiary/aromatic N) is 1. The van der Waals surface area contributed by atoms with Gasteiger partial charge in [0.1, 0.15) is 5.75 Å². The predicted molar refractivity (Wildman–Crippen MR) is 123 cm³/mol. The molecule has 1 N–H and O–H groups in total. The number of halogens is 2. The number of hydrogen-bond donors (Lipinski definition) is 1. The van der Waals surface area contributed by atoms with Crippen LogP contribution in [-0.2, 0) is 9.59 Å². The topological polar surface area (TPSA) is 75.7 Å². The molecule has 2 aromatic carbocycles. The van der Waals surface area contributed by atoms with Crippen molar-refractivity contribution in [3.8, 4) is 5.75 Å². The number of carbonyl (C=O) groups is 3. The van der Waals surface area contributed by atoms with Crippen LogP contribution in [0.1, 0.15) is 43.5 Å². The quantitative estimate of drug-likeness (QED) is 0.461. The third kappa shape index (κ3) is 7.56. The van der Waals surface area contributed by atoms with Crippen molar-refractivity contribution in [3.05, 3.63) is 58.1 Å². The van der Waals surface area contributed by atoms with E-state index in [4.69, 9.17) is 27.9 Å². The van der Waals surface area contributed by atoms with Gasteiger partial charge in [-0.2, -0.15) is 0 Å². The molecule has 0 aliphatic carbocycles. The molecule has 0 saturated heterocycles. The van der Waals surface area contributed by atoms with E-state index < -0.39 is 5.91 Å². The standard InChI is InChI=1S/C23H26Cl2N2O4/c1-3-14-31-17-10-8-16(9-11-17)20(28)12-13-22(30)27(4-2)15-21(29)26-23-18(24)6-5-7-19(23)25/h5-11H,3-4,12-15H2,1-2H3,(H,26,29). The smallest absolute Gasteiger partial charge is 0.244 e. The monoisotopic (exact) mass is 464 g/mol. The van der Waals surface area contributed by atoms with Gasteiger partial charge in [-0.1, -0.05) is 36.2 Å². The molecule has 2 amide bonds. The van der Waals surface area contributed by atoms with Crippen LogP contribution in [0.4, 0.5) is 5.69 Å². The van der Waals surface area contributed by atoms with Gasteiger partial charge in [-0.15, -0.1) is 0 Å². The number of para-hydroxylation sites is 1. The highest BCUT2D eigenvalue weighted by molar-refractivity contribution is 6.39. The molecule has 8 heteroatoms. The largest absolute Gasteiger partial charge is 0.494 e. The van der Waals surface area contributed by atoms with Crippen LogP contribution in [0.25, 0.3) is 0 Å². The van der Waals surface area contributed by atoms with Crippen molar-refractivity contribution >= 4 is 46.5 Å². The van der Waals surface area contributed by atoms with E-state index in [0.29, 0.717) is 40.2 Å². The van der Waals surface area contributed by atoms with Gasteiger partial charge in [-0.3, -0.25) is 14.4 Å². The minimum atomic E-state index is -0.417. The molecular weight excluding hydrogens is 439 g/mol. The van der Waals surface area contributed by atoms with Gasteiger partial charge >= 0.3 is 0 Å². The van der Waals surface area contributed by atoms with Crippen LogP contribution < -0.4 is 10.1 Å². The Morgan fingerprint density at radius 1 is 0.968 bits per heavy atom. The van der Waals surface area contributed by atoms with Crippen molar-refractivity contribution in [1.29, 1.82) is 0 Å². The lowest BCUT2D eigenvalue weighted by Gasteiger charge is -2.20. The van der Waals surface area contributed by atoms with Gasteiger partial charge in [0.15, 0.2) is 5.78 Å². The Balaban J connectivity index is 1.87. The zero-order valence-corrected chi connectivity index (χ0v) is 19.1. The van der Waals surface area contributed by atoms with Gasteiger partial charge in [-0.25, -0.2) is 0 Å². The number of rotatable bonds is 11. The Morgan fingerprint density at radius 2 is 1.61 bits per heavy atom. The fourth-order valence-corrected chi connectivity index (χ4v) is 3.32. The highest BCUT2D eigenvalue weighted by Gasteiger charge is 2.18. The summed E-state index contributed by atoms with van der Waals surface area (Å²) in [6, 6.07) is 11.8. The number of benzene rings is 2. The van der Waals surface area contributed by atoms with Crippen molar-refractivity contribution in [3.63, 3.8) is 0 Å². The molecule has 0 aromatic heterocycles. The predicted octanol–water partition coefficient (Wildman–Crippen LogP) is 5.23. The Labute approximate surface area is 192 Å². The third-order valence-electron chi connectivity index (χ3n) is 4.51. The van der Waals surface area contributed by atoms with Gasteiger partial charge in [0.25, 0.3) is 0 Å². The van der Waals surface area contributed by atoms with Crippen LogP contribution in [0.15, 0.2) is 42.5 Å². The van der Waals surface area contributed by atoms with E-state index in [0.717, 1.165) is 6.42 Å². The first-order chi connectivity index (χ1) is 14.8. The average molecular weight is 465 g/mol. The third-order valence-corrected chi connectivity index (χ3v) is 5.14. The van der Waals surface area contributed by atoms with Crippen LogP contribution in [0.3, 0.4) is 0 Å². The van der Waals surface area contributed by atoms with Gasteiger partial charge in [-0.05, 0) is 49.7 Å². The number of anilines is 1. The molecule has 0 aliphatic heterocycles. The molecule has 0 fully saturated rings. The lowest BCUT2D eigenvalue weighted by molar-refractivity contribution is -0.134. The number of likely N-dealkylation sites (N-methyl/N-ethyl adjacent to an activating group) is 1. The van der Waals surface area contributed by atoms with Crippen molar-refractivity contribution in [1.82, 2.24) is 4.90 Å². The van der Waals surface area contributed by atoms with Crippen LogP contribution in [0, 0.1) is 0 Å². The summed E-state index contributed by atoms with van der Waals surface area (Å²) in [6.45, 7) is 4.58. The first-order valence-electron chi connectivity index (χ1n) is 10.1. The Kier molecular flexibility index (Phi) is 9.82. The second-order valence-electron chi connectivity index (χ2n) is 6.85. The van der Waals surface area contributed by atoms with E-state index in [1.54, 1.807) is 49.4 Å². The van der Waals surface area contributed by atoms with Crippen LogP contribution in [0.5, 0.6) is 5.75 Å². The number of ketones is 1. The maximum atomic E-state index is 12.5. The Morgan fingerprint density at radius 3 is 2.19 bits per heavy atom. The molecule has 2 rings (SSSR count). The summed E-state index contributed by atoms with van der Waals surface area (Å²) in [7, 11) is 0. The molecular formula is C23H26Cl2N2O4. The summed E-state index contributed by atoms with van der Waals surface area (Å²) in [4.78, 5) is 38.7. The highest BCUT2D eigenvalue weighted by atomic mass is 35.5. The zero-order chi connectivity index (χ0) is 22.8. The minimum Gasteiger partial charge on any atom is -0.494 e. The number of ether oxygens (including phenoxy) is 1. The minimum absolute atomic E-state index is 0.0148. The number of nitrogens with one attached hydrogen (secondary N) is 1. The van der Waals surface area contributed by atoms with Gasteiger partial charge < -0.3 is 15.0 Å².